The summed E-state index contributed by atoms with van der Waals surface area (Å²) in [6.07, 6.45) is 5.45. The zero-order chi connectivity index (χ0) is 14.2. The Bertz CT molecular complexity index is 376. The Hall–Kier alpha value is -0.940. The molecule has 2 heterocycles. The van der Waals surface area contributed by atoms with Gasteiger partial charge in [-0.3, -0.25) is 9.59 Å². The van der Waals surface area contributed by atoms with Crippen LogP contribution in [0.3, 0.4) is 0 Å². The van der Waals surface area contributed by atoms with E-state index in [0.29, 0.717) is 39.1 Å². The van der Waals surface area contributed by atoms with E-state index >= 15 is 0 Å². The first-order chi connectivity index (χ1) is 9.60. The van der Waals surface area contributed by atoms with E-state index in [1.807, 2.05) is 5.01 Å². The zero-order valence-electron chi connectivity index (χ0n) is 12.3. The lowest BCUT2D eigenvalue weighted by Crippen LogP contribution is -2.58. The molecular formula is C15H24N2O3. The number of nitrogens with zero attached hydrogens (tertiary/aromatic N) is 2. The number of rotatable bonds is 1. The summed E-state index contributed by atoms with van der Waals surface area (Å²) in [6, 6.07) is 0. The van der Waals surface area contributed by atoms with Crippen molar-refractivity contribution in [2.24, 2.45) is 11.3 Å². The third kappa shape index (κ3) is 2.61. The molecule has 0 radical (unpaired) electrons. The summed E-state index contributed by atoms with van der Waals surface area (Å²) < 4.78 is 5.29. The Morgan fingerprint density at radius 3 is 2.15 bits per heavy atom. The third-order valence-electron chi connectivity index (χ3n) is 5.13. The predicted octanol–water partition coefficient (Wildman–Crippen LogP) is 1.58. The molecular weight excluding hydrogens is 256 g/mol. The lowest BCUT2D eigenvalue weighted by atomic mass is 9.65. The number of carbonyl (C=O) groups excluding carboxylic acids is 2. The number of hydrogen-bond donors (Lipinski definition) is 0. The van der Waals surface area contributed by atoms with Crippen molar-refractivity contribution in [3.8, 4) is 0 Å². The molecule has 1 spiro atoms. The number of carbonyl (C=O) groups is 2. The second kappa shape index (κ2) is 5.45. The maximum absolute atomic E-state index is 12.5. The van der Waals surface area contributed by atoms with Gasteiger partial charge in [0.1, 0.15) is 0 Å². The van der Waals surface area contributed by atoms with Gasteiger partial charge in [0.25, 0.3) is 0 Å². The third-order valence-corrected chi connectivity index (χ3v) is 5.13. The molecule has 0 N–H and O–H groups in total. The number of ether oxygens (including phenoxy) is 1. The highest BCUT2D eigenvalue weighted by Crippen LogP contribution is 2.47. The van der Waals surface area contributed by atoms with Crippen LogP contribution in [0.25, 0.3) is 0 Å². The van der Waals surface area contributed by atoms with E-state index < -0.39 is 0 Å². The predicted molar refractivity (Wildman–Crippen MR) is 73.5 cm³/mol. The fourth-order valence-electron chi connectivity index (χ4n) is 3.79. The topological polar surface area (TPSA) is 49.9 Å². The summed E-state index contributed by atoms with van der Waals surface area (Å²) in [5, 5.41) is 3.28. The lowest BCUT2D eigenvalue weighted by Gasteiger charge is -2.46. The van der Waals surface area contributed by atoms with Gasteiger partial charge in [0, 0.05) is 25.9 Å². The molecule has 3 fully saturated rings. The van der Waals surface area contributed by atoms with Crippen LogP contribution in [0.2, 0.25) is 0 Å². The molecule has 0 aromatic rings. The lowest BCUT2D eigenvalue weighted by molar-refractivity contribution is -0.181. The van der Waals surface area contributed by atoms with Gasteiger partial charge in [0.15, 0.2) is 0 Å². The molecule has 5 nitrogen and oxygen atoms in total. The van der Waals surface area contributed by atoms with Crippen LogP contribution in [0.15, 0.2) is 0 Å². The number of hydrogen-bond acceptors (Lipinski definition) is 4. The smallest absolute Gasteiger partial charge is 0.244 e. The SMILES string of the molecule is CC1CCC2(CC1)CC(=O)N(N1CCOCC1)C(=O)C2. The van der Waals surface area contributed by atoms with Crippen molar-refractivity contribution in [3.05, 3.63) is 0 Å². The highest BCUT2D eigenvalue weighted by molar-refractivity contribution is 5.98. The van der Waals surface area contributed by atoms with Crippen molar-refractivity contribution in [3.63, 3.8) is 0 Å². The van der Waals surface area contributed by atoms with E-state index in [1.54, 1.807) is 0 Å². The Balaban J connectivity index is 1.70. The molecule has 1 saturated carbocycles. The van der Waals surface area contributed by atoms with Crippen LogP contribution in [-0.4, -0.2) is 48.1 Å². The van der Waals surface area contributed by atoms with Crippen molar-refractivity contribution in [1.82, 2.24) is 10.0 Å². The number of imide groups is 1. The molecule has 3 rings (SSSR count). The minimum absolute atomic E-state index is 0.00213. The van der Waals surface area contributed by atoms with Crippen LogP contribution < -0.4 is 0 Å². The number of morpholine rings is 1. The van der Waals surface area contributed by atoms with Crippen molar-refractivity contribution < 1.29 is 14.3 Å². The Morgan fingerprint density at radius 1 is 1.05 bits per heavy atom. The molecule has 20 heavy (non-hydrogen) atoms. The van der Waals surface area contributed by atoms with E-state index in [2.05, 4.69) is 6.92 Å². The molecule has 2 amide bonds. The van der Waals surface area contributed by atoms with Gasteiger partial charge in [0.05, 0.1) is 13.2 Å². The highest BCUT2D eigenvalue weighted by atomic mass is 16.5. The van der Waals surface area contributed by atoms with Crippen LogP contribution >= 0.6 is 0 Å². The fourth-order valence-corrected chi connectivity index (χ4v) is 3.79. The number of piperidine rings is 1. The molecule has 0 aromatic heterocycles. The van der Waals surface area contributed by atoms with Gasteiger partial charge in [-0.2, -0.15) is 0 Å². The summed E-state index contributed by atoms with van der Waals surface area (Å²) in [6.45, 7) is 4.74. The maximum atomic E-state index is 12.5. The summed E-state index contributed by atoms with van der Waals surface area (Å²) >= 11 is 0. The van der Waals surface area contributed by atoms with Gasteiger partial charge < -0.3 is 4.74 Å². The van der Waals surface area contributed by atoms with Gasteiger partial charge in [-0.25, -0.2) is 10.0 Å². The molecule has 1 aliphatic carbocycles. The van der Waals surface area contributed by atoms with Crippen LogP contribution in [0.4, 0.5) is 0 Å². The molecule has 3 aliphatic rings. The second-order valence-corrected chi connectivity index (χ2v) is 6.70. The molecule has 0 bridgehead atoms. The summed E-state index contributed by atoms with van der Waals surface area (Å²) in [5.74, 6) is 0.735. The van der Waals surface area contributed by atoms with E-state index in [9.17, 15) is 9.59 Å². The average Bonchev–Trinajstić information content (AvgIpc) is 2.43. The van der Waals surface area contributed by atoms with E-state index in [4.69, 9.17) is 4.74 Å². The van der Waals surface area contributed by atoms with Crippen LogP contribution in [-0.2, 0) is 14.3 Å². The van der Waals surface area contributed by atoms with Gasteiger partial charge in [-0.15, -0.1) is 0 Å². The van der Waals surface area contributed by atoms with Crippen LogP contribution in [0, 0.1) is 11.3 Å². The standard InChI is InChI=1S/C15H24N2O3/c1-12-2-4-15(5-3-12)10-13(18)17(14(19)11-15)16-6-8-20-9-7-16/h12H,2-11H2,1H3. The molecule has 0 aromatic carbocycles. The molecule has 5 heteroatoms. The number of amides is 2. The molecule has 0 unspecified atom stereocenters. The first kappa shape index (κ1) is 14.0. The van der Waals surface area contributed by atoms with Gasteiger partial charge in [-0.05, 0) is 24.2 Å². The van der Waals surface area contributed by atoms with Crippen molar-refractivity contribution in [2.75, 3.05) is 26.3 Å². The van der Waals surface area contributed by atoms with Gasteiger partial charge >= 0.3 is 0 Å². The largest absolute Gasteiger partial charge is 0.379 e. The molecule has 2 saturated heterocycles. The van der Waals surface area contributed by atoms with E-state index in [0.717, 1.165) is 31.6 Å². The fraction of sp³-hybridized carbons (Fsp3) is 0.867. The Morgan fingerprint density at radius 2 is 1.60 bits per heavy atom. The first-order valence-electron chi connectivity index (χ1n) is 7.78. The monoisotopic (exact) mass is 280 g/mol. The van der Waals surface area contributed by atoms with Crippen LogP contribution in [0.5, 0.6) is 0 Å². The average molecular weight is 280 g/mol. The van der Waals surface area contributed by atoms with E-state index in [-0.39, 0.29) is 17.2 Å². The quantitative estimate of drug-likeness (QED) is 0.684. The van der Waals surface area contributed by atoms with Crippen molar-refractivity contribution in [2.45, 2.75) is 45.4 Å². The minimum atomic E-state index is -0.0382. The van der Waals surface area contributed by atoms with Crippen molar-refractivity contribution >= 4 is 11.8 Å². The number of hydrazine groups is 1. The summed E-state index contributed by atoms with van der Waals surface area (Å²) in [7, 11) is 0. The van der Waals surface area contributed by atoms with Crippen LogP contribution in [0.1, 0.15) is 45.4 Å². The molecule has 112 valence electrons. The Kier molecular flexibility index (Phi) is 3.82. The first-order valence-corrected chi connectivity index (χ1v) is 7.78. The highest BCUT2D eigenvalue weighted by Gasteiger charge is 2.46. The van der Waals surface area contributed by atoms with Gasteiger partial charge in [0.2, 0.25) is 11.8 Å². The zero-order valence-corrected chi connectivity index (χ0v) is 12.3. The minimum Gasteiger partial charge on any atom is -0.379 e. The normalized spacial score (nSPS) is 29.1. The molecule has 2 aliphatic heterocycles. The van der Waals surface area contributed by atoms with E-state index in [1.165, 1.54) is 5.01 Å². The second-order valence-electron chi connectivity index (χ2n) is 6.70. The maximum Gasteiger partial charge on any atom is 0.244 e. The Labute approximate surface area is 120 Å². The van der Waals surface area contributed by atoms with Gasteiger partial charge in [-0.1, -0.05) is 19.8 Å². The summed E-state index contributed by atoms with van der Waals surface area (Å²) in [5.41, 5.74) is -0.0382. The molecule has 0 atom stereocenters. The van der Waals surface area contributed by atoms with Crippen molar-refractivity contribution in [1.29, 1.82) is 0 Å². The summed E-state index contributed by atoms with van der Waals surface area (Å²) in [4.78, 5) is 25.0.